The van der Waals surface area contributed by atoms with Gasteiger partial charge in [-0.25, -0.2) is 12.8 Å². The van der Waals surface area contributed by atoms with Crippen molar-refractivity contribution in [3.05, 3.63) is 66.5 Å². The average Bonchev–Trinajstić information content (AvgIpc) is 2.85. The van der Waals surface area contributed by atoms with Crippen LogP contribution in [-0.4, -0.2) is 32.8 Å². The number of para-hydroxylation sites is 1. The molecular formula is C19H16FNO4S. The zero-order valence-corrected chi connectivity index (χ0v) is 14.5. The van der Waals surface area contributed by atoms with Crippen LogP contribution in [0.1, 0.15) is 0 Å². The van der Waals surface area contributed by atoms with Crippen LogP contribution in [0.25, 0.3) is 10.8 Å². The van der Waals surface area contributed by atoms with Gasteiger partial charge in [-0.15, -0.1) is 0 Å². The second kappa shape index (κ2) is 6.26. The third-order valence-corrected chi connectivity index (χ3v) is 6.15. The number of ether oxygens (including phenoxy) is 1. The maximum atomic E-state index is 13.6. The van der Waals surface area contributed by atoms with Crippen molar-refractivity contribution in [3.63, 3.8) is 0 Å². The summed E-state index contributed by atoms with van der Waals surface area (Å²) in [5, 5.41) is 11.7. The number of hydrogen-bond acceptors (Lipinski definition) is 4. The van der Waals surface area contributed by atoms with Crippen molar-refractivity contribution in [2.45, 2.75) is 11.0 Å². The van der Waals surface area contributed by atoms with Gasteiger partial charge in [-0.1, -0.05) is 36.4 Å². The molecule has 0 saturated heterocycles. The van der Waals surface area contributed by atoms with E-state index in [0.29, 0.717) is 11.1 Å². The van der Waals surface area contributed by atoms with Gasteiger partial charge in [0, 0.05) is 5.39 Å². The van der Waals surface area contributed by atoms with Crippen LogP contribution in [0.15, 0.2) is 65.6 Å². The van der Waals surface area contributed by atoms with Gasteiger partial charge in [0.1, 0.15) is 12.7 Å². The van der Waals surface area contributed by atoms with Crippen molar-refractivity contribution in [1.82, 2.24) is 0 Å². The van der Waals surface area contributed by atoms with E-state index in [-0.39, 0.29) is 23.8 Å². The molecule has 4 rings (SSSR count). The molecular weight excluding hydrogens is 357 g/mol. The minimum atomic E-state index is -3.74. The fourth-order valence-electron chi connectivity index (χ4n) is 3.15. The first-order valence-corrected chi connectivity index (χ1v) is 9.52. The van der Waals surface area contributed by atoms with Crippen molar-refractivity contribution in [1.29, 1.82) is 0 Å². The summed E-state index contributed by atoms with van der Waals surface area (Å²) in [4.78, 5) is 0.229. The molecule has 0 spiro atoms. The first-order valence-electron chi connectivity index (χ1n) is 8.08. The number of hydrogen-bond donors (Lipinski definition) is 1. The number of aliphatic hydroxyl groups is 1. The summed E-state index contributed by atoms with van der Waals surface area (Å²) in [7, 11) is -3.74. The van der Waals surface area contributed by atoms with E-state index in [2.05, 4.69) is 0 Å². The second-order valence-electron chi connectivity index (χ2n) is 6.06. The molecule has 0 aromatic heterocycles. The maximum Gasteiger partial charge on any atom is 0.265 e. The Labute approximate surface area is 150 Å². The molecule has 1 aliphatic rings. The normalized spacial score (nSPS) is 16.0. The third-order valence-electron chi connectivity index (χ3n) is 4.33. The van der Waals surface area contributed by atoms with E-state index in [4.69, 9.17) is 4.74 Å². The summed E-state index contributed by atoms with van der Waals surface area (Å²) < 4.78 is 45.7. The van der Waals surface area contributed by atoms with Gasteiger partial charge in [0.2, 0.25) is 0 Å². The monoisotopic (exact) mass is 373 g/mol. The highest BCUT2D eigenvalue weighted by molar-refractivity contribution is 7.93. The first-order chi connectivity index (χ1) is 12.5. The Kier molecular flexibility index (Phi) is 4.05. The molecule has 0 amide bonds. The van der Waals surface area contributed by atoms with Gasteiger partial charge >= 0.3 is 0 Å². The zero-order chi connectivity index (χ0) is 18.3. The lowest BCUT2D eigenvalue weighted by Crippen LogP contribution is -2.37. The second-order valence-corrected chi connectivity index (χ2v) is 7.89. The number of nitrogens with zero attached hydrogens (tertiary/aromatic N) is 1. The SMILES string of the molecule is O=S1(=O)c2cccc3cccc(c23)N1C[C@@H](O)COc1ccccc1F. The summed E-state index contributed by atoms with van der Waals surface area (Å²) >= 11 is 0. The Morgan fingerprint density at radius 2 is 1.77 bits per heavy atom. The molecule has 0 unspecified atom stereocenters. The summed E-state index contributed by atoms with van der Waals surface area (Å²) in [6.45, 7) is -0.399. The summed E-state index contributed by atoms with van der Waals surface area (Å²) in [5.41, 5.74) is 0.531. The van der Waals surface area contributed by atoms with Crippen LogP contribution >= 0.6 is 0 Å². The summed E-state index contributed by atoms with van der Waals surface area (Å²) in [6, 6.07) is 16.3. The zero-order valence-electron chi connectivity index (χ0n) is 13.7. The molecule has 7 heteroatoms. The molecule has 5 nitrogen and oxygen atoms in total. The number of aliphatic hydroxyl groups excluding tert-OH is 1. The predicted octanol–water partition coefficient (Wildman–Crippen LogP) is 2.93. The molecule has 1 atom stereocenters. The Hall–Kier alpha value is -2.64. The number of benzene rings is 3. The average molecular weight is 373 g/mol. The smallest absolute Gasteiger partial charge is 0.265 e. The Morgan fingerprint density at radius 1 is 1.04 bits per heavy atom. The molecule has 0 saturated carbocycles. The topological polar surface area (TPSA) is 66.8 Å². The number of rotatable bonds is 5. The molecule has 26 heavy (non-hydrogen) atoms. The van der Waals surface area contributed by atoms with Gasteiger partial charge in [-0.3, -0.25) is 4.31 Å². The van der Waals surface area contributed by atoms with Crippen LogP contribution in [0, 0.1) is 5.82 Å². The molecule has 1 N–H and O–H groups in total. The molecule has 0 radical (unpaired) electrons. The standard InChI is InChI=1S/C19H16FNO4S/c20-15-7-1-2-9-17(15)25-12-14(22)11-21-16-8-3-5-13-6-4-10-18(19(13)16)26(21,23)24/h1-10,14,22H,11-12H2/t14-/m1/s1. The Morgan fingerprint density at radius 3 is 2.54 bits per heavy atom. The van der Waals surface area contributed by atoms with Crippen molar-refractivity contribution < 1.29 is 22.7 Å². The van der Waals surface area contributed by atoms with Crippen molar-refractivity contribution in [2.75, 3.05) is 17.5 Å². The fourth-order valence-corrected chi connectivity index (χ4v) is 4.89. The number of halogens is 1. The van der Waals surface area contributed by atoms with E-state index in [1.807, 2.05) is 12.1 Å². The molecule has 134 valence electrons. The van der Waals surface area contributed by atoms with Crippen LogP contribution in [-0.2, 0) is 10.0 Å². The van der Waals surface area contributed by atoms with E-state index in [1.165, 1.54) is 22.5 Å². The lowest BCUT2D eigenvalue weighted by molar-refractivity contribution is 0.112. The number of anilines is 1. The first kappa shape index (κ1) is 16.8. The maximum absolute atomic E-state index is 13.6. The van der Waals surface area contributed by atoms with Gasteiger partial charge in [0.05, 0.1) is 17.1 Å². The van der Waals surface area contributed by atoms with E-state index in [9.17, 15) is 17.9 Å². The molecule has 3 aromatic carbocycles. The van der Waals surface area contributed by atoms with Crippen molar-refractivity contribution in [2.24, 2.45) is 0 Å². The number of β-amino-alcohol motifs (C(OH)–C–C–N with tert-alkyl or cyclic N) is 1. The lowest BCUT2D eigenvalue weighted by atomic mass is 10.1. The van der Waals surface area contributed by atoms with E-state index in [1.54, 1.807) is 30.3 Å². The van der Waals surface area contributed by atoms with Crippen LogP contribution in [0.3, 0.4) is 0 Å². The fraction of sp³-hybridized carbons (Fsp3) is 0.158. The number of sulfonamides is 1. The van der Waals surface area contributed by atoms with E-state index >= 15 is 0 Å². The van der Waals surface area contributed by atoms with Gasteiger partial charge in [-0.2, -0.15) is 0 Å². The van der Waals surface area contributed by atoms with Gasteiger partial charge in [-0.05, 0) is 29.7 Å². The molecule has 1 heterocycles. The molecule has 3 aromatic rings. The van der Waals surface area contributed by atoms with Crippen molar-refractivity contribution in [3.8, 4) is 5.75 Å². The quantitative estimate of drug-likeness (QED) is 0.747. The van der Waals surface area contributed by atoms with E-state index < -0.39 is 21.9 Å². The van der Waals surface area contributed by atoms with Crippen molar-refractivity contribution >= 4 is 26.5 Å². The minimum Gasteiger partial charge on any atom is -0.488 e. The van der Waals surface area contributed by atoms with Gasteiger partial charge in [0.25, 0.3) is 10.0 Å². The largest absolute Gasteiger partial charge is 0.488 e. The molecule has 0 bridgehead atoms. The summed E-state index contributed by atoms with van der Waals surface area (Å²) in [6.07, 6.45) is -1.12. The molecule has 0 aliphatic carbocycles. The van der Waals surface area contributed by atoms with Crippen LogP contribution < -0.4 is 9.04 Å². The summed E-state index contributed by atoms with van der Waals surface area (Å²) in [5.74, 6) is -0.521. The predicted molar refractivity (Wildman–Crippen MR) is 96.4 cm³/mol. The van der Waals surface area contributed by atoms with Crippen LogP contribution in [0.4, 0.5) is 10.1 Å². The Bertz CT molecular complexity index is 1080. The molecule has 1 aliphatic heterocycles. The minimum absolute atomic E-state index is 0.0150. The van der Waals surface area contributed by atoms with Crippen LogP contribution in [0.2, 0.25) is 0 Å². The molecule has 0 fully saturated rings. The van der Waals surface area contributed by atoms with E-state index in [0.717, 1.165) is 5.39 Å². The van der Waals surface area contributed by atoms with Gasteiger partial charge < -0.3 is 9.84 Å². The highest BCUT2D eigenvalue weighted by Gasteiger charge is 2.36. The Balaban J connectivity index is 1.57. The van der Waals surface area contributed by atoms with Crippen LogP contribution in [0.5, 0.6) is 5.75 Å². The lowest BCUT2D eigenvalue weighted by Gasteiger charge is -2.22. The van der Waals surface area contributed by atoms with Gasteiger partial charge in [0.15, 0.2) is 11.6 Å². The highest BCUT2D eigenvalue weighted by atomic mass is 32.2. The third kappa shape index (κ3) is 2.69. The highest BCUT2D eigenvalue weighted by Crippen LogP contribution is 2.41.